The Morgan fingerprint density at radius 1 is 1.23 bits per heavy atom. The second-order valence-corrected chi connectivity index (χ2v) is 11.9. The first-order chi connectivity index (χ1) is 14.3. The van der Waals surface area contributed by atoms with Crippen molar-refractivity contribution in [1.29, 1.82) is 0 Å². The molecule has 2 aromatic heterocycles. The molecule has 1 atom stereocenters. The first kappa shape index (κ1) is 21.3. The number of fused-ring (bicyclic) bond motifs is 1. The molecule has 1 amide bonds. The highest BCUT2D eigenvalue weighted by atomic mass is 32.2. The standard InChI is InChI=1S/C22H27NO5S2/c1-14-8-9-16-18(13-14)29-22(20(16)21(25)17-7-4-11-28-17)23-19(24)10-12-30(26,27)15-5-2-3-6-15/h4,7,11,14-15H,2-3,5-6,8-10,12-13H2,1H3,(H,23,24). The van der Waals surface area contributed by atoms with E-state index in [9.17, 15) is 18.0 Å². The number of carbonyl (C=O) groups is 2. The molecule has 30 heavy (non-hydrogen) atoms. The number of hydrogen-bond acceptors (Lipinski definition) is 6. The second kappa shape index (κ2) is 8.67. The quantitative estimate of drug-likeness (QED) is 0.633. The van der Waals surface area contributed by atoms with Crippen LogP contribution in [0.1, 0.15) is 72.0 Å². The maximum atomic E-state index is 13.1. The fourth-order valence-corrected chi connectivity index (χ4v) is 7.73. The molecule has 2 aliphatic carbocycles. The van der Waals surface area contributed by atoms with Gasteiger partial charge in [0.15, 0.2) is 15.6 Å². The van der Waals surface area contributed by atoms with E-state index in [2.05, 4.69) is 12.2 Å². The van der Waals surface area contributed by atoms with Crippen molar-refractivity contribution in [3.8, 4) is 0 Å². The van der Waals surface area contributed by atoms with E-state index in [1.165, 1.54) is 17.6 Å². The summed E-state index contributed by atoms with van der Waals surface area (Å²) in [5, 5.41) is 3.05. The third-order valence-electron chi connectivity index (χ3n) is 6.16. The van der Waals surface area contributed by atoms with Gasteiger partial charge in [0, 0.05) is 11.3 Å². The largest absolute Gasteiger partial charge is 0.461 e. The highest BCUT2D eigenvalue weighted by Gasteiger charge is 2.31. The molecule has 1 fully saturated rings. The van der Waals surface area contributed by atoms with E-state index < -0.39 is 9.84 Å². The average molecular weight is 450 g/mol. The molecule has 2 aromatic rings. The minimum absolute atomic E-state index is 0.0911. The molecular weight excluding hydrogens is 422 g/mol. The molecule has 6 nitrogen and oxygen atoms in total. The van der Waals surface area contributed by atoms with Gasteiger partial charge in [-0.25, -0.2) is 8.42 Å². The Labute approximate surface area is 181 Å². The van der Waals surface area contributed by atoms with E-state index in [1.54, 1.807) is 12.1 Å². The predicted octanol–water partition coefficient (Wildman–Crippen LogP) is 4.38. The van der Waals surface area contributed by atoms with Gasteiger partial charge in [-0.05, 0) is 55.7 Å². The zero-order chi connectivity index (χ0) is 21.3. The van der Waals surface area contributed by atoms with E-state index in [-0.39, 0.29) is 34.9 Å². The summed E-state index contributed by atoms with van der Waals surface area (Å²) in [5.74, 6) is 0.0292. The van der Waals surface area contributed by atoms with Crippen molar-refractivity contribution < 1.29 is 22.4 Å². The van der Waals surface area contributed by atoms with Gasteiger partial charge >= 0.3 is 0 Å². The van der Waals surface area contributed by atoms with Crippen LogP contribution in [0.2, 0.25) is 0 Å². The van der Waals surface area contributed by atoms with Gasteiger partial charge in [0.05, 0.1) is 22.8 Å². The molecule has 4 rings (SSSR count). The Hall–Kier alpha value is -1.93. The van der Waals surface area contributed by atoms with Crippen LogP contribution in [0.25, 0.3) is 0 Å². The summed E-state index contributed by atoms with van der Waals surface area (Å²) < 4.78 is 30.2. The molecular formula is C22H27NO5S2. The highest BCUT2D eigenvalue weighted by Crippen LogP contribution is 2.41. The number of nitrogens with one attached hydrogen (secondary N) is 1. The zero-order valence-corrected chi connectivity index (χ0v) is 18.7. The maximum absolute atomic E-state index is 13.1. The first-order valence-corrected chi connectivity index (χ1v) is 13.1. The number of anilines is 1. The smallest absolute Gasteiger partial charge is 0.231 e. The molecule has 8 heteroatoms. The van der Waals surface area contributed by atoms with Crippen LogP contribution in [0.4, 0.5) is 5.00 Å². The lowest BCUT2D eigenvalue weighted by molar-refractivity contribution is -0.115. The fourth-order valence-electron chi connectivity index (χ4n) is 4.45. The SMILES string of the molecule is CC1CCc2c(sc(NC(=O)CCS(=O)(=O)C3CCCC3)c2C(=O)c2ccco2)C1. The van der Waals surface area contributed by atoms with E-state index in [0.717, 1.165) is 42.5 Å². The Kier molecular flexibility index (Phi) is 6.16. The zero-order valence-electron chi connectivity index (χ0n) is 17.1. The predicted molar refractivity (Wildman–Crippen MR) is 117 cm³/mol. The van der Waals surface area contributed by atoms with E-state index in [0.29, 0.717) is 29.3 Å². The highest BCUT2D eigenvalue weighted by molar-refractivity contribution is 7.92. The monoisotopic (exact) mass is 449 g/mol. The van der Waals surface area contributed by atoms with Crippen molar-refractivity contribution in [1.82, 2.24) is 0 Å². The van der Waals surface area contributed by atoms with Crippen LogP contribution in [0.5, 0.6) is 0 Å². The van der Waals surface area contributed by atoms with E-state index in [4.69, 9.17) is 4.42 Å². The molecule has 0 bridgehead atoms. The van der Waals surface area contributed by atoms with Gasteiger partial charge in [0.1, 0.15) is 5.00 Å². The van der Waals surface area contributed by atoms with Gasteiger partial charge in [-0.3, -0.25) is 9.59 Å². The van der Waals surface area contributed by atoms with Crippen LogP contribution in [0.3, 0.4) is 0 Å². The van der Waals surface area contributed by atoms with Gasteiger partial charge in [-0.15, -0.1) is 11.3 Å². The number of furan rings is 1. The lowest BCUT2D eigenvalue weighted by atomic mass is 9.87. The molecule has 1 unspecified atom stereocenters. The molecule has 2 heterocycles. The number of thiophene rings is 1. The molecule has 2 aliphatic rings. The van der Waals surface area contributed by atoms with E-state index >= 15 is 0 Å². The third-order valence-corrected chi connectivity index (χ3v) is 9.59. The Balaban J connectivity index is 1.53. The summed E-state index contributed by atoms with van der Waals surface area (Å²) in [4.78, 5) is 26.8. The van der Waals surface area contributed by atoms with Crippen molar-refractivity contribution >= 4 is 37.9 Å². The molecule has 0 spiro atoms. The number of ketones is 1. The van der Waals surface area contributed by atoms with E-state index in [1.807, 2.05) is 0 Å². The number of hydrogen-bond donors (Lipinski definition) is 1. The number of carbonyl (C=O) groups excluding carboxylic acids is 2. The molecule has 0 aromatic carbocycles. The van der Waals surface area contributed by atoms with Crippen LogP contribution in [0.15, 0.2) is 22.8 Å². The molecule has 1 saturated carbocycles. The number of sulfone groups is 1. The minimum atomic E-state index is -3.26. The van der Waals surface area contributed by atoms with Crippen LogP contribution in [0, 0.1) is 5.92 Å². The van der Waals surface area contributed by atoms with Crippen molar-refractivity contribution in [2.24, 2.45) is 5.92 Å². The molecule has 162 valence electrons. The van der Waals surface area contributed by atoms with Crippen molar-refractivity contribution in [3.05, 3.63) is 40.2 Å². The first-order valence-electron chi connectivity index (χ1n) is 10.6. The molecule has 0 saturated heterocycles. The summed E-state index contributed by atoms with van der Waals surface area (Å²) >= 11 is 1.43. The van der Waals surface area contributed by atoms with Gasteiger partial charge in [0.2, 0.25) is 11.7 Å². The summed E-state index contributed by atoms with van der Waals surface area (Å²) in [6.45, 7) is 2.18. The van der Waals surface area contributed by atoms with Crippen molar-refractivity contribution in [3.63, 3.8) is 0 Å². The van der Waals surface area contributed by atoms with Crippen LogP contribution >= 0.6 is 11.3 Å². The Morgan fingerprint density at radius 2 is 2.00 bits per heavy atom. The van der Waals surface area contributed by atoms with Gasteiger partial charge < -0.3 is 9.73 Å². The Morgan fingerprint density at radius 3 is 2.70 bits per heavy atom. The summed E-state index contributed by atoms with van der Waals surface area (Å²) in [5.41, 5.74) is 1.50. The Bertz CT molecular complexity index is 1030. The fraction of sp³-hybridized carbons (Fsp3) is 0.545. The second-order valence-electron chi connectivity index (χ2n) is 8.43. The molecule has 0 radical (unpaired) electrons. The average Bonchev–Trinajstić information content (AvgIpc) is 3.46. The molecule has 1 N–H and O–H groups in total. The lowest BCUT2D eigenvalue weighted by Crippen LogP contribution is -2.24. The van der Waals surface area contributed by atoms with Crippen LogP contribution < -0.4 is 5.32 Å². The van der Waals surface area contributed by atoms with Crippen molar-refractivity contribution in [2.75, 3.05) is 11.1 Å². The van der Waals surface area contributed by atoms with Gasteiger partial charge in [-0.1, -0.05) is 19.8 Å². The lowest BCUT2D eigenvalue weighted by Gasteiger charge is -2.18. The van der Waals surface area contributed by atoms with Gasteiger partial charge in [0.25, 0.3) is 0 Å². The summed E-state index contributed by atoms with van der Waals surface area (Å²) in [6, 6.07) is 3.29. The topological polar surface area (TPSA) is 93.5 Å². The number of rotatable bonds is 7. The molecule has 0 aliphatic heterocycles. The number of amides is 1. The van der Waals surface area contributed by atoms with Crippen LogP contribution in [-0.4, -0.2) is 31.1 Å². The normalized spacial score (nSPS) is 19.6. The maximum Gasteiger partial charge on any atom is 0.231 e. The van der Waals surface area contributed by atoms with Crippen molar-refractivity contribution in [2.45, 2.75) is 63.5 Å². The summed E-state index contributed by atoms with van der Waals surface area (Å²) in [6.07, 6.45) is 7.30. The van der Waals surface area contributed by atoms with Gasteiger partial charge in [-0.2, -0.15) is 0 Å². The van der Waals surface area contributed by atoms with Crippen LogP contribution in [-0.2, 0) is 27.5 Å². The minimum Gasteiger partial charge on any atom is -0.461 e. The summed E-state index contributed by atoms with van der Waals surface area (Å²) in [7, 11) is -3.26. The third kappa shape index (κ3) is 4.39.